The molecule has 2 atom stereocenters. The number of amides is 1. The lowest BCUT2D eigenvalue weighted by Crippen LogP contribution is -2.49. The van der Waals surface area contributed by atoms with Crippen LogP contribution in [0.1, 0.15) is 20.8 Å². The second-order valence-corrected chi connectivity index (χ2v) is 6.04. The number of methoxy groups -OCH3 is 1. The van der Waals surface area contributed by atoms with Crippen molar-refractivity contribution in [1.82, 2.24) is 20.9 Å². The molecule has 0 aliphatic carbocycles. The van der Waals surface area contributed by atoms with E-state index in [1.165, 1.54) is 0 Å². The number of guanidine groups is 1. The van der Waals surface area contributed by atoms with Gasteiger partial charge >= 0.3 is 0 Å². The van der Waals surface area contributed by atoms with Crippen LogP contribution in [0.2, 0.25) is 0 Å². The average Bonchev–Trinajstić information content (AvgIpc) is 2.85. The van der Waals surface area contributed by atoms with Crippen LogP contribution in [0.25, 0.3) is 0 Å². The summed E-state index contributed by atoms with van der Waals surface area (Å²) in [4.78, 5) is 18.3. The van der Waals surface area contributed by atoms with E-state index in [0.29, 0.717) is 37.1 Å². The van der Waals surface area contributed by atoms with Crippen molar-refractivity contribution in [1.29, 1.82) is 0 Å². The molecule has 0 aromatic rings. The maximum atomic E-state index is 11.7. The van der Waals surface area contributed by atoms with E-state index < -0.39 is 0 Å². The minimum absolute atomic E-state index is 0.0664. The highest BCUT2D eigenvalue weighted by molar-refractivity contribution is 5.86. The smallest absolute Gasteiger partial charge is 0.239 e. The molecule has 0 bridgehead atoms. The lowest BCUT2D eigenvalue weighted by Gasteiger charge is -2.21. The summed E-state index contributed by atoms with van der Waals surface area (Å²) in [5.74, 6) is 1.16. The SMILES string of the molecule is CN=C(NCC(=O)NCCOC)NC1CN(C(C)C)CC1C. The topological polar surface area (TPSA) is 78.0 Å². The Labute approximate surface area is 133 Å². The molecule has 0 saturated carbocycles. The van der Waals surface area contributed by atoms with Crippen LogP contribution in [-0.2, 0) is 9.53 Å². The largest absolute Gasteiger partial charge is 0.383 e. The predicted octanol–water partition coefficient (Wildman–Crippen LogP) is -0.357. The van der Waals surface area contributed by atoms with E-state index in [1.807, 2.05) is 0 Å². The van der Waals surface area contributed by atoms with Crippen molar-refractivity contribution in [3.05, 3.63) is 0 Å². The summed E-state index contributed by atoms with van der Waals surface area (Å²) >= 11 is 0. The van der Waals surface area contributed by atoms with Gasteiger partial charge in [0.25, 0.3) is 0 Å². The third-order valence-electron chi connectivity index (χ3n) is 3.96. The van der Waals surface area contributed by atoms with Gasteiger partial charge in [0.05, 0.1) is 13.2 Å². The van der Waals surface area contributed by atoms with Crippen molar-refractivity contribution in [2.24, 2.45) is 10.9 Å². The van der Waals surface area contributed by atoms with E-state index in [0.717, 1.165) is 13.1 Å². The van der Waals surface area contributed by atoms with Gasteiger partial charge in [-0.25, -0.2) is 0 Å². The van der Waals surface area contributed by atoms with Gasteiger partial charge in [-0.1, -0.05) is 6.92 Å². The number of ether oxygens (including phenoxy) is 1. The molecule has 1 heterocycles. The summed E-state index contributed by atoms with van der Waals surface area (Å²) in [6.45, 7) is 10.0. The molecule has 1 aliphatic heterocycles. The molecule has 1 fully saturated rings. The Kier molecular flexibility index (Phi) is 8.19. The van der Waals surface area contributed by atoms with Gasteiger partial charge in [0.15, 0.2) is 5.96 Å². The van der Waals surface area contributed by atoms with Crippen molar-refractivity contribution in [3.8, 4) is 0 Å². The lowest BCUT2D eigenvalue weighted by molar-refractivity contribution is -0.120. The van der Waals surface area contributed by atoms with E-state index >= 15 is 0 Å². The molecular weight excluding hydrogens is 282 g/mol. The summed E-state index contributed by atoms with van der Waals surface area (Å²) in [6.07, 6.45) is 0. The fraction of sp³-hybridized carbons (Fsp3) is 0.867. The molecule has 3 N–H and O–H groups in total. The molecule has 0 aromatic carbocycles. The first-order chi connectivity index (χ1) is 10.5. The first-order valence-corrected chi connectivity index (χ1v) is 7.94. The maximum Gasteiger partial charge on any atom is 0.239 e. The molecule has 7 heteroatoms. The molecular formula is C15H31N5O2. The highest BCUT2D eigenvalue weighted by Gasteiger charge is 2.31. The number of hydrogen-bond donors (Lipinski definition) is 3. The van der Waals surface area contributed by atoms with Crippen molar-refractivity contribution < 1.29 is 9.53 Å². The van der Waals surface area contributed by atoms with E-state index in [4.69, 9.17) is 4.74 Å². The number of nitrogens with one attached hydrogen (secondary N) is 3. The van der Waals surface area contributed by atoms with Gasteiger partial charge in [-0.3, -0.25) is 14.7 Å². The molecule has 0 spiro atoms. The fourth-order valence-corrected chi connectivity index (χ4v) is 2.50. The van der Waals surface area contributed by atoms with Gasteiger partial charge in [0, 0.05) is 45.9 Å². The van der Waals surface area contributed by atoms with Crippen molar-refractivity contribution in [2.75, 3.05) is 46.9 Å². The molecule has 1 rings (SSSR count). The van der Waals surface area contributed by atoms with E-state index in [9.17, 15) is 4.79 Å². The van der Waals surface area contributed by atoms with Crippen molar-refractivity contribution >= 4 is 11.9 Å². The van der Waals surface area contributed by atoms with Crippen LogP contribution in [0, 0.1) is 5.92 Å². The van der Waals surface area contributed by atoms with Crippen LogP contribution >= 0.6 is 0 Å². The number of nitrogens with zero attached hydrogens (tertiary/aromatic N) is 2. The van der Waals surface area contributed by atoms with E-state index in [-0.39, 0.29) is 12.5 Å². The van der Waals surface area contributed by atoms with E-state index in [1.54, 1.807) is 14.2 Å². The number of rotatable bonds is 7. The first kappa shape index (κ1) is 18.7. The third kappa shape index (κ3) is 6.19. The molecule has 1 aliphatic rings. The Balaban J connectivity index is 2.35. The van der Waals surface area contributed by atoms with Gasteiger partial charge < -0.3 is 20.7 Å². The highest BCUT2D eigenvalue weighted by Crippen LogP contribution is 2.18. The van der Waals surface area contributed by atoms with Crippen LogP contribution in [-0.4, -0.2) is 75.8 Å². The number of carbonyl (C=O) groups excluding carboxylic acids is 1. The van der Waals surface area contributed by atoms with Crippen LogP contribution in [0.15, 0.2) is 4.99 Å². The number of likely N-dealkylation sites (tertiary alicyclic amines) is 1. The summed E-state index contributed by atoms with van der Waals surface area (Å²) in [5.41, 5.74) is 0. The zero-order chi connectivity index (χ0) is 16.5. The number of hydrogen-bond acceptors (Lipinski definition) is 4. The standard InChI is InChI=1S/C15H31N5O2/c1-11(2)20-9-12(3)13(10-20)19-15(16-4)18-8-14(21)17-6-7-22-5/h11-13H,6-10H2,1-5H3,(H,17,21)(H2,16,18,19). The monoisotopic (exact) mass is 313 g/mol. The molecule has 2 unspecified atom stereocenters. The Morgan fingerprint density at radius 3 is 2.64 bits per heavy atom. The minimum Gasteiger partial charge on any atom is -0.383 e. The second kappa shape index (κ2) is 9.63. The predicted molar refractivity (Wildman–Crippen MR) is 89.0 cm³/mol. The van der Waals surface area contributed by atoms with Gasteiger partial charge in [-0.05, 0) is 19.8 Å². The molecule has 0 aromatic heterocycles. The number of aliphatic imine (C=N–C) groups is 1. The molecule has 22 heavy (non-hydrogen) atoms. The normalized spacial score (nSPS) is 22.9. The van der Waals surface area contributed by atoms with E-state index in [2.05, 4.69) is 46.6 Å². The molecule has 1 amide bonds. The van der Waals surface area contributed by atoms with Gasteiger partial charge in [0.1, 0.15) is 0 Å². The second-order valence-electron chi connectivity index (χ2n) is 6.04. The molecule has 128 valence electrons. The van der Waals surface area contributed by atoms with Crippen molar-refractivity contribution in [2.45, 2.75) is 32.9 Å². The Bertz CT molecular complexity index is 373. The van der Waals surface area contributed by atoms with Crippen LogP contribution in [0.5, 0.6) is 0 Å². The highest BCUT2D eigenvalue weighted by atomic mass is 16.5. The summed E-state index contributed by atoms with van der Waals surface area (Å²) in [5, 5.41) is 9.24. The average molecular weight is 313 g/mol. The zero-order valence-electron chi connectivity index (χ0n) is 14.5. The van der Waals surface area contributed by atoms with Crippen LogP contribution in [0.4, 0.5) is 0 Å². The van der Waals surface area contributed by atoms with Gasteiger partial charge in [-0.2, -0.15) is 0 Å². The maximum absolute atomic E-state index is 11.7. The fourth-order valence-electron chi connectivity index (χ4n) is 2.50. The zero-order valence-corrected chi connectivity index (χ0v) is 14.5. The van der Waals surface area contributed by atoms with Crippen molar-refractivity contribution in [3.63, 3.8) is 0 Å². The molecule has 1 saturated heterocycles. The Morgan fingerprint density at radius 1 is 1.36 bits per heavy atom. The number of carbonyl (C=O) groups is 1. The molecule has 7 nitrogen and oxygen atoms in total. The third-order valence-corrected chi connectivity index (χ3v) is 3.96. The van der Waals surface area contributed by atoms with Gasteiger partial charge in [0.2, 0.25) is 5.91 Å². The summed E-state index contributed by atoms with van der Waals surface area (Å²) < 4.78 is 4.89. The quantitative estimate of drug-likeness (QED) is 0.340. The van der Waals surface area contributed by atoms with Gasteiger partial charge in [-0.15, -0.1) is 0 Å². The Hall–Kier alpha value is -1.34. The summed E-state index contributed by atoms with van der Waals surface area (Å²) in [6, 6.07) is 0.904. The summed E-state index contributed by atoms with van der Waals surface area (Å²) in [7, 11) is 3.33. The Morgan fingerprint density at radius 2 is 2.09 bits per heavy atom. The lowest BCUT2D eigenvalue weighted by atomic mass is 10.1. The van der Waals surface area contributed by atoms with Crippen LogP contribution in [0.3, 0.4) is 0 Å². The minimum atomic E-state index is -0.0664. The first-order valence-electron chi connectivity index (χ1n) is 7.94. The van der Waals surface area contributed by atoms with Crippen LogP contribution < -0.4 is 16.0 Å². The molecule has 0 radical (unpaired) electrons.